The minimum atomic E-state index is -0.486. The summed E-state index contributed by atoms with van der Waals surface area (Å²) in [6.07, 6.45) is 0. The average molecular weight is 713 g/mol. The van der Waals surface area contributed by atoms with E-state index in [9.17, 15) is 0 Å². The summed E-state index contributed by atoms with van der Waals surface area (Å²) in [5.74, 6) is 0.553. The molecule has 0 saturated carbocycles. The van der Waals surface area contributed by atoms with Gasteiger partial charge in [0, 0.05) is 53.2 Å². The molecule has 252 valence electrons. The molecule has 11 rings (SSSR count). The van der Waals surface area contributed by atoms with Crippen LogP contribution >= 0.6 is 11.3 Å². The Morgan fingerprint density at radius 3 is 1.78 bits per heavy atom. The van der Waals surface area contributed by atoms with E-state index < -0.39 is 18.1 Å². The molecule has 8 aromatic carbocycles. The standard InChI is InChI=1S/C49H29N3OS/c1-3-13-30(14-4-1)33-20-11-22-40-41-23-12-21-39(46(41)54-45(33)40)36-27-28-42(35-18-8-7-17-34(35)36)49-51-47(31-15-5-2-6-16-31)50-48(52-49)32-25-26-38-37-19-9-10-24-43(37)53-44(38)29-32/h1-29H/i2D,5D,6D,15D,16D. The maximum Gasteiger partial charge on any atom is 0.164 e. The van der Waals surface area contributed by atoms with Crippen LogP contribution in [0.4, 0.5) is 0 Å². The van der Waals surface area contributed by atoms with Crippen molar-refractivity contribution < 1.29 is 11.3 Å². The molecule has 0 bridgehead atoms. The summed E-state index contributed by atoms with van der Waals surface area (Å²) in [5.41, 5.74) is 7.19. The third kappa shape index (κ3) is 4.94. The fourth-order valence-electron chi connectivity index (χ4n) is 7.57. The van der Waals surface area contributed by atoms with E-state index >= 15 is 0 Å². The lowest BCUT2D eigenvalue weighted by atomic mass is 9.93. The lowest BCUT2D eigenvalue weighted by Crippen LogP contribution is -2.00. The van der Waals surface area contributed by atoms with Gasteiger partial charge in [0.25, 0.3) is 0 Å². The van der Waals surface area contributed by atoms with E-state index in [0.29, 0.717) is 22.5 Å². The van der Waals surface area contributed by atoms with E-state index in [4.69, 9.17) is 26.2 Å². The summed E-state index contributed by atoms with van der Waals surface area (Å²) in [5, 5.41) is 6.22. The van der Waals surface area contributed by atoms with Gasteiger partial charge >= 0.3 is 0 Å². The Kier molecular flexibility index (Phi) is 5.92. The number of hydrogen-bond donors (Lipinski definition) is 0. The number of thiophene rings is 1. The summed E-state index contributed by atoms with van der Waals surface area (Å²) in [6.45, 7) is 0. The SMILES string of the molecule is [2H]c1c([2H])c([2H])c(-c2nc(-c3ccc4c(c3)oc3ccccc34)nc(-c3ccc(-c4cccc5c4sc4c(-c6ccccc6)cccc45)c4ccccc34)n2)c([2H])c1[2H]. The minimum absolute atomic E-state index is 0.0240. The van der Waals surface area contributed by atoms with Crippen molar-refractivity contribution in [2.75, 3.05) is 0 Å². The molecule has 0 saturated heterocycles. The molecule has 0 N–H and O–H groups in total. The third-order valence-electron chi connectivity index (χ3n) is 10.1. The number of fused-ring (bicyclic) bond motifs is 7. The van der Waals surface area contributed by atoms with Crippen LogP contribution in [-0.4, -0.2) is 15.0 Å². The smallest absolute Gasteiger partial charge is 0.164 e. The van der Waals surface area contributed by atoms with Gasteiger partial charge in [-0.1, -0.05) is 152 Å². The first-order valence-electron chi connectivity index (χ1n) is 20.1. The fourth-order valence-corrected chi connectivity index (χ4v) is 8.93. The highest BCUT2D eigenvalue weighted by Gasteiger charge is 2.19. The third-order valence-corrected chi connectivity index (χ3v) is 11.3. The second-order valence-electron chi connectivity index (χ2n) is 13.2. The van der Waals surface area contributed by atoms with Crippen molar-refractivity contribution >= 4 is 64.2 Å². The van der Waals surface area contributed by atoms with Gasteiger partial charge < -0.3 is 4.42 Å². The number of para-hydroxylation sites is 1. The van der Waals surface area contributed by atoms with Crippen LogP contribution in [0.1, 0.15) is 6.85 Å². The molecule has 0 spiro atoms. The van der Waals surface area contributed by atoms with Crippen LogP contribution in [0.15, 0.2) is 180 Å². The van der Waals surface area contributed by atoms with Crippen molar-refractivity contribution in [3.63, 3.8) is 0 Å². The van der Waals surface area contributed by atoms with E-state index in [2.05, 4.69) is 72.8 Å². The molecule has 11 aromatic rings. The molecule has 54 heavy (non-hydrogen) atoms. The van der Waals surface area contributed by atoms with Crippen molar-refractivity contribution in [1.29, 1.82) is 0 Å². The number of benzene rings is 8. The monoisotopic (exact) mass is 712 g/mol. The lowest BCUT2D eigenvalue weighted by Gasteiger charge is -2.13. The first kappa shape index (κ1) is 25.9. The Morgan fingerprint density at radius 2 is 0.981 bits per heavy atom. The molecule has 4 nitrogen and oxygen atoms in total. The van der Waals surface area contributed by atoms with Crippen LogP contribution < -0.4 is 0 Å². The second kappa shape index (κ2) is 12.3. The van der Waals surface area contributed by atoms with Crippen LogP contribution in [0, 0.1) is 0 Å². The van der Waals surface area contributed by atoms with E-state index in [1.54, 1.807) is 11.3 Å². The Labute approximate surface area is 321 Å². The van der Waals surface area contributed by atoms with Gasteiger partial charge in [-0.3, -0.25) is 0 Å². The van der Waals surface area contributed by atoms with Crippen molar-refractivity contribution in [2.24, 2.45) is 0 Å². The molecule has 0 atom stereocenters. The maximum absolute atomic E-state index is 8.83. The molecule has 0 radical (unpaired) electrons. The Balaban J connectivity index is 1.13. The zero-order valence-electron chi connectivity index (χ0n) is 33.5. The van der Waals surface area contributed by atoms with Crippen molar-refractivity contribution in [3.05, 3.63) is 176 Å². The molecule has 0 amide bonds. The number of hydrogen-bond acceptors (Lipinski definition) is 5. The summed E-state index contributed by atoms with van der Waals surface area (Å²) >= 11 is 1.80. The Bertz CT molecular complexity index is 3500. The van der Waals surface area contributed by atoms with Gasteiger partial charge in [0.2, 0.25) is 0 Å². The van der Waals surface area contributed by atoms with Crippen LogP contribution in [0.5, 0.6) is 0 Å². The summed E-state index contributed by atoms with van der Waals surface area (Å²) in [6, 6.07) is 47.1. The largest absolute Gasteiger partial charge is 0.456 e. The topological polar surface area (TPSA) is 51.8 Å². The van der Waals surface area contributed by atoms with Gasteiger partial charge in [-0.2, -0.15) is 0 Å². The van der Waals surface area contributed by atoms with Crippen LogP contribution in [0.25, 0.3) is 109 Å². The molecule has 3 heterocycles. The molecule has 0 fully saturated rings. The zero-order valence-corrected chi connectivity index (χ0v) is 29.3. The number of nitrogens with zero attached hydrogens (tertiary/aromatic N) is 3. The van der Waals surface area contributed by atoms with Gasteiger partial charge in [-0.15, -0.1) is 11.3 Å². The molecular formula is C49H29N3OS. The van der Waals surface area contributed by atoms with Gasteiger partial charge in [0.1, 0.15) is 11.2 Å². The normalized spacial score (nSPS) is 13.0. The Morgan fingerprint density at radius 1 is 0.389 bits per heavy atom. The highest BCUT2D eigenvalue weighted by Crippen LogP contribution is 2.46. The zero-order chi connectivity index (χ0) is 39.9. The highest BCUT2D eigenvalue weighted by atomic mass is 32.1. The number of rotatable bonds is 5. The van der Waals surface area contributed by atoms with E-state index in [-0.39, 0.29) is 29.3 Å². The van der Waals surface area contributed by atoms with Gasteiger partial charge in [-0.05, 0) is 51.7 Å². The molecule has 0 aliphatic rings. The molecule has 0 aliphatic heterocycles. The number of furan rings is 1. The first-order chi connectivity index (χ1) is 28.8. The summed E-state index contributed by atoms with van der Waals surface area (Å²) < 4.78 is 51.4. The molecule has 0 unspecified atom stereocenters. The van der Waals surface area contributed by atoms with Gasteiger partial charge in [-0.25, -0.2) is 15.0 Å². The Hall–Kier alpha value is -6.95. The van der Waals surface area contributed by atoms with Crippen molar-refractivity contribution in [1.82, 2.24) is 15.0 Å². The van der Waals surface area contributed by atoms with Crippen LogP contribution in [-0.2, 0) is 0 Å². The van der Waals surface area contributed by atoms with Crippen LogP contribution in [0.2, 0.25) is 0 Å². The maximum atomic E-state index is 8.83. The predicted molar refractivity (Wildman–Crippen MR) is 225 cm³/mol. The molecular weight excluding hydrogens is 679 g/mol. The highest BCUT2D eigenvalue weighted by molar-refractivity contribution is 7.26. The lowest BCUT2D eigenvalue weighted by molar-refractivity contribution is 0.669. The van der Waals surface area contributed by atoms with Crippen molar-refractivity contribution in [2.45, 2.75) is 0 Å². The van der Waals surface area contributed by atoms with Gasteiger partial charge in [0.15, 0.2) is 17.5 Å². The first-order valence-corrected chi connectivity index (χ1v) is 18.4. The van der Waals surface area contributed by atoms with Gasteiger partial charge in [0.05, 0.1) is 6.85 Å². The minimum Gasteiger partial charge on any atom is -0.456 e. The van der Waals surface area contributed by atoms with E-state index in [1.807, 2.05) is 72.8 Å². The summed E-state index contributed by atoms with van der Waals surface area (Å²) in [4.78, 5) is 14.7. The molecule has 3 aromatic heterocycles. The van der Waals surface area contributed by atoms with Crippen LogP contribution in [0.3, 0.4) is 0 Å². The van der Waals surface area contributed by atoms with E-state index in [0.717, 1.165) is 38.3 Å². The predicted octanol–water partition coefficient (Wildman–Crippen LogP) is 13.6. The van der Waals surface area contributed by atoms with E-state index in [1.165, 1.54) is 31.3 Å². The average Bonchev–Trinajstić information content (AvgIpc) is 3.86. The molecule has 0 aliphatic carbocycles. The second-order valence-corrected chi connectivity index (χ2v) is 14.2. The summed E-state index contributed by atoms with van der Waals surface area (Å²) in [7, 11) is 0. The van der Waals surface area contributed by atoms with Crippen molar-refractivity contribution in [3.8, 4) is 56.4 Å². The fraction of sp³-hybridized carbons (Fsp3) is 0. The quantitative estimate of drug-likeness (QED) is 0.178. The molecule has 5 heteroatoms. The number of aromatic nitrogens is 3.